The first-order valence-corrected chi connectivity index (χ1v) is 13.7. The molecule has 0 saturated carbocycles. The van der Waals surface area contributed by atoms with E-state index in [9.17, 15) is 39.8 Å². The van der Waals surface area contributed by atoms with Gasteiger partial charge in [-0.25, -0.2) is 0 Å². The summed E-state index contributed by atoms with van der Waals surface area (Å²) in [5.74, 6) is 0. The summed E-state index contributed by atoms with van der Waals surface area (Å²) in [6.45, 7) is 0. The van der Waals surface area contributed by atoms with Crippen molar-refractivity contribution < 1.29 is 211 Å². The number of rotatable bonds is 10. The maximum atomic E-state index is 10.7. The molecule has 0 atom stereocenters. The summed E-state index contributed by atoms with van der Waals surface area (Å²) in [7, 11) is -13.9. The van der Waals surface area contributed by atoms with E-state index in [1.165, 1.54) is 0 Å². The number of hydrogen-bond donors (Lipinski definition) is 0. The summed E-state index contributed by atoms with van der Waals surface area (Å²) in [6.07, 6.45) is 0. The van der Waals surface area contributed by atoms with E-state index in [0.717, 1.165) is 0 Å². The summed E-state index contributed by atoms with van der Waals surface area (Å²) in [6, 6.07) is 0. The van der Waals surface area contributed by atoms with Crippen LogP contribution in [-0.4, -0.2) is 104 Å². The van der Waals surface area contributed by atoms with E-state index >= 15 is 0 Å². The van der Waals surface area contributed by atoms with Gasteiger partial charge in [-0.05, 0) is 0 Å². The van der Waals surface area contributed by atoms with E-state index in [1.54, 1.807) is 0 Å². The van der Waals surface area contributed by atoms with Crippen molar-refractivity contribution in [3.05, 3.63) is 0 Å². The van der Waals surface area contributed by atoms with E-state index in [4.69, 9.17) is 7.96 Å². The predicted molar refractivity (Wildman–Crippen MR) is 59.9 cm³/mol. The molecule has 0 heterocycles. The molecule has 0 spiro atoms. The minimum atomic E-state index is -3.74. The third kappa shape index (κ3) is 59.7. The van der Waals surface area contributed by atoms with Crippen molar-refractivity contribution in [1.29, 1.82) is 0 Å². The Bertz CT molecular complexity index is 452. The van der Waals surface area contributed by atoms with Crippen LogP contribution in [0, 0.1) is 0 Å². The first-order valence-electron chi connectivity index (χ1n) is 4.57. The maximum absolute atomic E-state index is 10.7. The Morgan fingerprint density at radius 3 is 1.17 bits per heavy atom. The fourth-order valence-corrected chi connectivity index (χ4v) is 5.53. The predicted octanol–water partition coefficient (Wildman–Crippen LogP) is -21.8. The van der Waals surface area contributed by atoms with Gasteiger partial charge in [-0.3, -0.25) is 0 Å². The molecule has 0 aliphatic rings. The van der Waals surface area contributed by atoms with Gasteiger partial charge in [0.05, 0.1) is 0 Å². The summed E-state index contributed by atoms with van der Waals surface area (Å²) >= 11 is -8.77. The molecule has 0 aliphatic carbocycles. The van der Waals surface area contributed by atoms with Crippen molar-refractivity contribution in [2.24, 2.45) is 0 Å². The average molecular weight is 602 g/mol. The Morgan fingerprint density at radius 1 is 0.690 bits per heavy atom. The van der Waals surface area contributed by atoms with Gasteiger partial charge in [0.25, 0.3) is 0 Å². The Balaban J connectivity index is -0.0000000453. The second-order valence-electron chi connectivity index (χ2n) is 2.17. The molecule has 0 radical (unpaired) electrons. The van der Waals surface area contributed by atoms with Crippen LogP contribution in [0.25, 0.3) is 0 Å². The average Bonchev–Trinajstić information content (AvgIpc) is 2.38. The van der Waals surface area contributed by atoms with Crippen LogP contribution < -0.4 is 159 Å². The van der Waals surface area contributed by atoms with Gasteiger partial charge in [-0.1, -0.05) is 0 Å². The van der Waals surface area contributed by atoms with Crippen molar-refractivity contribution in [1.82, 2.24) is 0 Å². The van der Waals surface area contributed by atoms with Crippen LogP contribution in [0.1, 0.15) is 0 Å². The molecule has 29 heavy (non-hydrogen) atoms. The molecule has 0 aromatic carbocycles. The first kappa shape index (κ1) is 54.3. The van der Waals surface area contributed by atoms with Crippen LogP contribution in [0.5, 0.6) is 0 Å². The molecule has 0 aromatic rings. The van der Waals surface area contributed by atoms with Gasteiger partial charge in [-0.15, -0.1) is 0 Å². The molecule has 0 aromatic heterocycles. The molecule has 0 bridgehead atoms. The topological polar surface area (TPSA) is 289 Å². The molecular formula is H2Al4KNa3O17Si4. The van der Waals surface area contributed by atoms with Gasteiger partial charge in [0, 0.05) is 0 Å². The number of hydrogen-bond acceptors (Lipinski definition) is 16. The van der Waals surface area contributed by atoms with Gasteiger partial charge >= 0.3 is 304 Å². The van der Waals surface area contributed by atoms with Crippen LogP contribution in [0.4, 0.5) is 0 Å². The molecule has 0 rings (SSSR count). The van der Waals surface area contributed by atoms with Crippen molar-refractivity contribution >= 4 is 98.3 Å². The van der Waals surface area contributed by atoms with E-state index < -0.39 is 98.3 Å². The van der Waals surface area contributed by atoms with Crippen molar-refractivity contribution in [3.63, 3.8) is 0 Å². The first-order chi connectivity index (χ1) is 11.1. The molecule has 0 aliphatic heterocycles. The summed E-state index contributed by atoms with van der Waals surface area (Å²) < 4.78 is 95.7. The zero-order valence-electron chi connectivity index (χ0n) is 15.3. The zero-order chi connectivity index (χ0) is 19.5. The van der Waals surface area contributed by atoms with Crippen LogP contribution in [-0.2, 0) is 46.6 Å². The van der Waals surface area contributed by atoms with Gasteiger partial charge in [0.2, 0.25) is 0 Å². The fraction of sp³-hybridized carbons (Fsp3) is 0. The molecule has 0 saturated heterocycles. The summed E-state index contributed by atoms with van der Waals surface area (Å²) in [5, 5.41) is 0. The van der Waals surface area contributed by atoms with Gasteiger partial charge < -0.3 is 5.48 Å². The molecule has 0 unspecified atom stereocenters. The summed E-state index contributed by atoms with van der Waals surface area (Å²) in [4.78, 5) is 29.4. The third-order valence-corrected chi connectivity index (χ3v) is 7.79. The van der Waals surface area contributed by atoms with Gasteiger partial charge in [-0.2, -0.15) is 0 Å². The van der Waals surface area contributed by atoms with E-state index in [1.807, 2.05) is 0 Å². The van der Waals surface area contributed by atoms with Crippen LogP contribution in [0.15, 0.2) is 0 Å². The van der Waals surface area contributed by atoms with Crippen LogP contribution in [0.2, 0.25) is 0 Å². The summed E-state index contributed by atoms with van der Waals surface area (Å²) in [5.41, 5.74) is 0. The van der Waals surface area contributed by atoms with Crippen molar-refractivity contribution in [3.8, 4) is 0 Å². The SMILES string of the molecule is O.[K+].[Na+].[Na+].[Na+].[O]=[Al][O-].[O]=[Al][O][Si](=O)[O-].[O]=[Al][O][Si](=O)[O][Al]([O][Si](=O)[O-])[O][Si](=O)[O-]. The minimum absolute atomic E-state index is 0. The Labute approximate surface area is 302 Å². The molecule has 0 amide bonds. The second kappa shape index (κ2) is 42.5. The van der Waals surface area contributed by atoms with Gasteiger partial charge in [0.1, 0.15) is 0 Å². The zero-order valence-corrected chi connectivity index (χ0v) is 33.1. The monoisotopic (exact) mass is 602 g/mol. The van der Waals surface area contributed by atoms with Crippen LogP contribution in [0.3, 0.4) is 0 Å². The third-order valence-electron chi connectivity index (χ3n) is 0.866. The molecule has 136 valence electrons. The van der Waals surface area contributed by atoms with E-state index in [2.05, 4.69) is 17.4 Å². The van der Waals surface area contributed by atoms with Crippen molar-refractivity contribution in [2.75, 3.05) is 0 Å². The molecule has 29 heteroatoms. The Kier molecular flexibility index (Phi) is 79.7. The standard InChI is InChI=1S/4Al.K.3Na.4O3Si.H2O.4O/c;;;;;;;;4*1-4(2)3;;;;;/h;;;;;;;;;;;;1H2;;;;/q;2*+1;+3;4*+1;4*-2;;;;;-1. The fourth-order valence-electron chi connectivity index (χ4n) is 0.414. The van der Waals surface area contributed by atoms with Crippen LogP contribution >= 0.6 is 0 Å². The second-order valence-corrected chi connectivity index (χ2v) is 10.0. The quantitative estimate of drug-likeness (QED) is 0.210. The van der Waals surface area contributed by atoms with Crippen molar-refractivity contribution in [2.45, 2.75) is 0 Å². The molecule has 2 N–H and O–H groups in total. The molecule has 17 nitrogen and oxygen atoms in total. The van der Waals surface area contributed by atoms with E-state index in [-0.39, 0.29) is 146 Å². The Hall–Kier alpha value is 4.39. The van der Waals surface area contributed by atoms with E-state index in [0.29, 0.717) is 0 Å². The normalized spacial score (nSPS) is 5.66. The molecule has 0 fully saturated rings. The van der Waals surface area contributed by atoms with Gasteiger partial charge in [0.15, 0.2) is 0 Å². The Morgan fingerprint density at radius 2 is 1.00 bits per heavy atom. The molecular weight excluding hydrogens is 600 g/mol.